The molecule has 2 aromatic rings. The van der Waals surface area contributed by atoms with Crippen LogP contribution in [0.25, 0.3) is 10.8 Å². The van der Waals surface area contributed by atoms with Gasteiger partial charge in [-0.1, -0.05) is 44.2 Å². The van der Waals surface area contributed by atoms with Crippen LogP contribution < -0.4 is 10.1 Å². The molecule has 0 amide bonds. The molecular formula is C18H24BrNO. The van der Waals surface area contributed by atoms with Crippen LogP contribution in [0, 0.1) is 0 Å². The van der Waals surface area contributed by atoms with Crippen molar-refractivity contribution in [2.75, 3.05) is 13.2 Å². The SMILES string of the molecule is CC(C)NCCCCCOc1ccc2ccccc2c1Br. The molecule has 21 heavy (non-hydrogen) atoms. The lowest BCUT2D eigenvalue weighted by molar-refractivity contribution is 0.303. The minimum absolute atomic E-state index is 0.579. The standard InChI is InChI=1S/C18H24BrNO/c1-14(2)20-12-6-3-7-13-21-17-11-10-15-8-4-5-9-16(15)18(17)19/h4-5,8-11,14,20H,3,6-7,12-13H2,1-2H3. The molecule has 0 aliphatic carbocycles. The zero-order valence-corrected chi connectivity index (χ0v) is 14.4. The van der Waals surface area contributed by atoms with Gasteiger partial charge in [-0.05, 0) is 58.6 Å². The number of ether oxygens (including phenoxy) is 1. The Kier molecular flexibility index (Phi) is 6.52. The Hall–Kier alpha value is -1.06. The van der Waals surface area contributed by atoms with Crippen LogP contribution in [-0.4, -0.2) is 19.2 Å². The van der Waals surface area contributed by atoms with E-state index in [0.29, 0.717) is 6.04 Å². The highest BCUT2D eigenvalue weighted by atomic mass is 79.9. The Morgan fingerprint density at radius 3 is 2.67 bits per heavy atom. The van der Waals surface area contributed by atoms with Crippen molar-refractivity contribution in [3.05, 3.63) is 40.9 Å². The molecule has 0 saturated heterocycles. The van der Waals surface area contributed by atoms with E-state index in [0.717, 1.165) is 29.8 Å². The number of hydrogen-bond donors (Lipinski definition) is 1. The average molecular weight is 350 g/mol. The van der Waals surface area contributed by atoms with E-state index in [2.05, 4.69) is 65.4 Å². The summed E-state index contributed by atoms with van der Waals surface area (Å²) in [5.41, 5.74) is 0. The second-order valence-electron chi connectivity index (χ2n) is 5.62. The highest BCUT2D eigenvalue weighted by Gasteiger charge is 2.05. The Morgan fingerprint density at radius 1 is 1.05 bits per heavy atom. The molecule has 114 valence electrons. The second kappa shape index (κ2) is 8.40. The number of hydrogen-bond acceptors (Lipinski definition) is 2. The summed E-state index contributed by atoms with van der Waals surface area (Å²) in [5.74, 6) is 0.939. The van der Waals surface area contributed by atoms with Crippen LogP contribution >= 0.6 is 15.9 Å². The highest BCUT2D eigenvalue weighted by molar-refractivity contribution is 9.10. The van der Waals surface area contributed by atoms with Crippen molar-refractivity contribution < 1.29 is 4.74 Å². The van der Waals surface area contributed by atoms with Crippen molar-refractivity contribution in [2.45, 2.75) is 39.2 Å². The van der Waals surface area contributed by atoms with E-state index in [9.17, 15) is 0 Å². The van der Waals surface area contributed by atoms with Gasteiger partial charge in [0.25, 0.3) is 0 Å². The maximum atomic E-state index is 5.91. The number of fused-ring (bicyclic) bond motifs is 1. The number of rotatable bonds is 8. The van der Waals surface area contributed by atoms with Crippen LogP contribution in [0.4, 0.5) is 0 Å². The van der Waals surface area contributed by atoms with Crippen molar-refractivity contribution >= 4 is 26.7 Å². The van der Waals surface area contributed by atoms with Crippen molar-refractivity contribution in [1.82, 2.24) is 5.32 Å². The van der Waals surface area contributed by atoms with Crippen LogP contribution in [0.1, 0.15) is 33.1 Å². The van der Waals surface area contributed by atoms with E-state index in [1.165, 1.54) is 23.6 Å². The lowest BCUT2D eigenvalue weighted by atomic mass is 10.1. The summed E-state index contributed by atoms with van der Waals surface area (Å²) in [6.45, 7) is 6.23. The van der Waals surface area contributed by atoms with E-state index in [1.54, 1.807) is 0 Å². The smallest absolute Gasteiger partial charge is 0.134 e. The summed E-state index contributed by atoms with van der Waals surface area (Å²) >= 11 is 3.66. The molecule has 0 saturated carbocycles. The van der Waals surface area contributed by atoms with Gasteiger partial charge in [0.1, 0.15) is 5.75 Å². The van der Waals surface area contributed by atoms with Crippen molar-refractivity contribution in [1.29, 1.82) is 0 Å². The molecule has 0 heterocycles. The third kappa shape index (κ3) is 5.01. The Bertz CT molecular complexity index is 568. The molecule has 0 unspecified atom stereocenters. The quantitative estimate of drug-likeness (QED) is 0.665. The minimum atomic E-state index is 0.579. The fraction of sp³-hybridized carbons (Fsp3) is 0.444. The third-order valence-electron chi connectivity index (χ3n) is 3.46. The summed E-state index contributed by atoms with van der Waals surface area (Å²) in [6, 6.07) is 13.1. The largest absolute Gasteiger partial charge is 0.492 e. The maximum Gasteiger partial charge on any atom is 0.134 e. The lowest BCUT2D eigenvalue weighted by Crippen LogP contribution is -2.23. The molecule has 0 fully saturated rings. The fourth-order valence-electron chi connectivity index (χ4n) is 2.30. The van der Waals surface area contributed by atoms with Crippen LogP contribution in [0.3, 0.4) is 0 Å². The minimum Gasteiger partial charge on any atom is -0.492 e. The fourth-order valence-corrected chi connectivity index (χ4v) is 2.91. The highest BCUT2D eigenvalue weighted by Crippen LogP contribution is 2.33. The normalized spacial score (nSPS) is 11.2. The molecule has 0 atom stereocenters. The third-order valence-corrected chi connectivity index (χ3v) is 4.28. The van der Waals surface area contributed by atoms with Crippen molar-refractivity contribution in [3.63, 3.8) is 0 Å². The Morgan fingerprint density at radius 2 is 1.86 bits per heavy atom. The number of unbranched alkanes of at least 4 members (excludes halogenated alkanes) is 2. The summed E-state index contributed by atoms with van der Waals surface area (Å²) < 4.78 is 6.96. The van der Waals surface area contributed by atoms with E-state index in [4.69, 9.17) is 4.74 Å². The first-order chi connectivity index (χ1) is 10.2. The van der Waals surface area contributed by atoms with Gasteiger partial charge >= 0.3 is 0 Å². The number of nitrogens with one attached hydrogen (secondary N) is 1. The van der Waals surface area contributed by atoms with Gasteiger partial charge in [0.2, 0.25) is 0 Å². The predicted molar refractivity (Wildman–Crippen MR) is 94.1 cm³/mol. The van der Waals surface area contributed by atoms with Gasteiger partial charge in [-0.3, -0.25) is 0 Å². The van der Waals surface area contributed by atoms with Gasteiger partial charge in [0, 0.05) is 6.04 Å². The Labute approximate surface area is 136 Å². The molecular weight excluding hydrogens is 326 g/mol. The predicted octanol–water partition coefficient (Wildman–Crippen LogP) is 5.15. The first kappa shape index (κ1) is 16.3. The molecule has 1 N–H and O–H groups in total. The molecule has 0 aromatic heterocycles. The van der Waals surface area contributed by atoms with Gasteiger partial charge < -0.3 is 10.1 Å². The monoisotopic (exact) mass is 349 g/mol. The number of halogens is 1. The second-order valence-corrected chi connectivity index (χ2v) is 6.41. The molecule has 0 aliphatic rings. The van der Waals surface area contributed by atoms with Gasteiger partial charge in [0.15, 0.2) is 0 Å². The van der Waals surface area contributed by atoms with Gasteiger partial charge in [-0.15, -0.1) is 0 Å². The number of benzene rings is 2. The van der Waals surface area contributed by atoms with Crippen LogP contribution in [0.2, 0.25) is 0 Å². The van der Waals surface area contributed by atoms with E-state index >= 15 is 0 Å². The van der Waals surface area contributed by atoms with Crippen LogP contribution in [0.5, 0.6) is 5.75 Å². The van der Waals surface area contributed by atoms with Crippen LogP contribution in [-0.2, 0) is 0 Å². The van der Waals surface area contributed by atoms with E-state index in [-0.39, 0.29) is 0 Å². The molecule has 0 bridgehead atoms. The average Bonchev–Trinajstić information content (AvgIpc) is 2.48. The van der Waals surface area contributed by atoms with E-state index < -0.39 is 0 Å². The van der Waals surface area contributed by atoms with Crippen LogP contribution in [0.15, 0.2) is 40.9 Å². The summed E-state index contributed by atoms with van der Waals surface area (Å²) in [5, 5.41) is 5.87. The van der Waals surface area contributed by atoms with Crippen molar-refractivity contribution in [2.24, 2.45) is 0 Å². The lowest BCUT2D eigenvalue weighted by Gasteiger charge is -2.11. The first-order valence-electron chi connectivity index (χ1n) is 7.72. The summed E-state index contributed by atoms with van der Waals surface area (Å²) in [7, 11) is 0. The maximum absolute atomic E-state index is 5.91. The topological polar surface area (TPSA) is 21.3 Å². The van der Waals surface area contributed by atoms with E-state index in [1.807, 2.05) is 6.07 Å². The zero-order chi connectivity index (χ0) is 15.1. The summed E-state index contributed by atoms with van der Waals surface area (Å²) in [4.78, 5) is 0. The molecule has 0 radical (unpaired) electrons. The molecule has 0 spiro atoms. The first-order valence-corrected chi connectivity index (χ1v) is 8.51. The van der Waals surface area contributed by atoms with Crippen molar-refractivity contribution in [3.8, 4) is 5.75 Å². The molecule has 0 aliphatic heterocycles. The summed E-state index contributed by atoms with van der Waals surface area (Å²) in [6.07, 6.45) is 3.50. The van der Waals surface area contributed by atoms with Gasteiger partial charge in [-0.25, -0.2) is 0 Å². The van der Waals surface area contributed by atoms with Gasteiger partial charge in [-0.2, -0.15) is 0 Å². The molecule has 2 aromatic carbocycles. The molecule has 2 nitrogen and oxygen atoms in total. The zero-order valence-electron chi connectivity index (χ0n) is 12.9. The Balaban J connectivity index is 1.77. The molecule has 2 rings (SSSR count). The van der Waals surface area contributed by atoms with Gasteiger partial charge in [0.05, 0.1) is 11.1 Å². The molecule has 3 heteroatoms.